The van der Waals surface area contributed by atoms with E-state index in [0.29, 0.717) is 0 Å². The third-order valence-corrected chi connectivity index (χ3v) is 0. The van der Waals surface area contributed by atoms with Crippen LogP contribution in [0.1, 0.15) is 0 Å². The zero-order valence-corrected chi connectivity index (χ0v) is 6.48. The molecule has 0 saturated carbocycles. The van der Waals surface area contributed by atoms with E-state index in [1.807, 2.05) is 0 Å². The predicted molar refractivity (Wildman–Crippen MR) is 27.1 cm³/mol. The molecular formula is H6MgO7S. The number of hydrogen-bond donors (Lipinski definition) is 0. The standard InChI is InChI=1S/Mg.H2O4S.3H2O/c;1-5(2,3)4;;;/h;(H2,1,2,3,4);3*1H2/q+2;;;;/p-2. The first-order valence-corrected chi connectivity index (χ1v) is 2.00. The molecule has 0 heterocycles. The van der Waals surface area contributed by atoms with Crippen LogP contribution in [0.15, 0.2) is 0 Å². The van der Waals surface area contributed by atoms with Crippen molar-refractivity contribution >= 4 is 33.5 Å². The first kappa shape index (κ1) is 33.8. The largest absolute Gasteiger partial charge is 2.00 e. The molecule has 7 nitrogen and oxygen atoms in total. The van der Waals surface area contributed by atoms with E-state index in [1.165, 1.54) is 0 Å². The quantitative estimate of drug-likeness (QED) is 0.206. The van der Waals surface area contributed by atoms with Gasteiger partial charge in [0.25, 0.3) is 0 Å². The minimum absolute atomic E-state index is 0. The first-order chi connectivity index (χ1) is 2.00. The fraction of sp³-hybridized carbons (Fsp3) is 0. The summed E-state index contributed by atoms with van der Waals surface area (Å²) in [6.45, 7) is 0. The molecule has 6 N–H and O–H groups in total. The molecule has 0 radical (unpaired) electrons. The van der Waals surface area contributed by atoms with Crippen molar-refractivity contribution in [3.63, 3.8) is 0 Å². The smallest absolute Gasteiger partial charge is 0.759 e. The molecule has 0 unspecified atom stereocenters. The van der Waals surface area contributed by atoms with Crippen molar-refractivity contribution in [1.82, 2.24) is 0 Å². The molecule has 0 aliphatic carbocycles. The van der Waals surface area contributed by atoms with E-state index in [4.69, 9.17) is 17.5 Å². The van der Waals surface area contributed by atoms with E-state index >= 15 is 0 Å². The molecule has 0 bridgehead atoms. The van der Waals surface area contributed by atoms with Crippen molar-refractivity contribution in [2.75, 3.05) is 0 Å². The fourth-order valence-electron chi connectivity index (χ4n) is 0. The summed E-state index contributed by atoms with van der Waals surface area (Å²) in [7, 11) is -5.17. The molecule has 0 saturated heterocycles. The van der Waals surface area contributed by atoms with E-state index in [9.17, 15) is 0 Å². The molecule has 0 spiro atoms. The van der Waals surface area contributed by atoms with Crippen LogP contribution >= 0.6 is 0 Å². The summed E-state index contributed by atoms with van der Waals surface area (Å²) in [6, 6.07) is 0. The van der Waals surface area contributed by atoms with Gasteiger partial charge in [-0.2, -0.15) is 0 Å². The fourth-order valence-corrected chi connectivity index (χ4v) is 0. The topological polar surface area (TPSA) is 175 Å². The van der Waals surface area contributed by atoms with Gasteiger partial charge in [0, 0.05) is 10.4 Å². The van der Waals surface area contributed by atoms with Gasteiger partial charge in [-0.1, -0.05) is 0 Å². The van der Waals surface area contributed by atoms with Crippen LogP contribution in [0.3, 0.4) is 0 Å². The van der Waals surface area contributed by atoms with Gasteiger partial charge in [-0.15, -0.1) is 0 Å². The third-order valence-electron chi connectivity index (χ3n) is 0. The van der Waals surface area contributed by atoms with Gasteiger partial charge in [0.15, 0.2) is 0 Å². The normalized spacial score (nSPS) is 6.44. The maximum atomic E-state index is 8.52. The Hall–Kier alpha value is 0.516. The van der Waals surface area contributed by atoms with Crippen LogP contribution < -0.4 is 0 Å². The molecule has 0 rings (SSSR count). The van der Waals surface area contributed by atoms with Crippen LogP contribution in [-0.4, -0.2) is 57.0 Å². The summed E-state index contributed by atoms with van der Waals surface area (Å²) in [4.78, 5) is 0. The Morgan fingerprint density at radius 1 is 0.889 bits per heavy atom. The second kappa shape index (κ2) is 11.3. The average Bonchev–Trinajstić information content (AvgIpc) is 0.722. The van der Waals surface area contributed by atoms with Gasteiger partial charge in [0.05, 0.1) is 0 Å². The molecule has 0 atom stereocenters. The zero-order chi connectivity index (χ0) is 4.50. The summed E-state index contributed by atoms with van der Waals surface area (Å²) < 4.78 is 34.1. The number of hydrogen-bond acceptors (Lipinski definition) is 4. The minimum Gasteiger partial charge on any atom is -0.759 e. The molecule has 0 aromatic heterocycles. The van der Waals surface area contributed by atoms with Crippen molar-refractivity contribution in [2.45, 2.75) is 0 Å². The first-order valence-electron chi connectivity index (χ1n) is 0.667. The molecule has 0 aromatic rings. The van der Waals surface area contributed by atoms with Crippen molar-refractivity contribution in [3.8, 4) is 0 Å². The summed E-state index contributed by atoms with van der Waals surface area (Å²) in [6.07, 6.45) is 0. The summed E-state index contributed by atoms with van der Waals surface area (Å²) in [5.41, 5.74) is 0. The minimum atomic E-state index is -5.17. The van der Waals surface area contributed by atoms with Crippen LogP contribution in [0, 0.1) is 0 Å². The Kier molecular flexibility index (Phi) is 42.6. The van der Waals surface area contributed by atoms with Gasteiger partial charge < -0.3 is 25.5 Å². The van der Waals surface area contributed by atoms with Crippen molar-refractivity contribution in [1.29, 1.82) is 0 Å². The van der Waals surface area contributed by atoms with Gasteiger partial charge in [-0.25, -0.2) is 0 Å². The molecule has 0 amide bonds. The van der Waals surface area contributed by atoms with Crippen LogP contribution in [0.2, 0.25) is 0 Å². The Morgan fingerprint density at radius 2 is 0.889 bits per heavy atom. The zero-order valence-electron chi connectivity index (χ0n) is 4.25. The molecule has 0 aliphatic heterocycles. The van der Waals surface area contributed by atoms with E-state index in [1.54, 1.807) is 0 Å². The number of rotatable bonds is 0. The van der Waals surface area contributed by atoms with Crippen LogP contribution in [-0.2, 0) is 10.4 Å². The molecule has 0 aromatic carbocycles. The SMILES string of the molecule is O.O.O.O=S(=O)([O-])[O-].[Mg+2]. The van der Waals surface area contributed by atoms with Crippen molar-refractivity contribution in [3.05, 3.63) is 0 Å². The van der Waals surface area contributed by atoms with Crippen molar-refractivity contribution in [2.24, 2.45) is 0 Å². The van der Waals surface area contributed by atoms with E-state index in [0.717, 1.165) is 0 Å². The monoisotopic (exact) mass is 174 g/mol. The van der Waals surface area contributed by atoms with Gasteiger partial charge in [0.1, 0.15) is 0 Å². The Labute approximate surface area is 67.7 Å². The Morgan fingerprint density at radius 3 is 0.889 bits per heavy atom. The van der Waals surface area contributed by atoms with E-state index in [2.05, 4.69) is 0 Å². The van der Waals surface area contributed by atoms with E-state index < -0.39 is 10.4 Å². The summed E-state index contributed by atoms with van der Waals surface area (Å²) in [5.74, 6) is 0. The molecule has 0 fully saturated rings. The molecule has 56 valence electrons. The second-order valence-corrected chi connectivity index (χ2v) is 1.22. The average molecular weight is 174 g/mol. The molecular weight excluding hydrogens is 168 g/mol. The van der Waals surface area contributed by atoms with Crippen LogP contribution in [0.5, 0.6) is 0 Å². The maximum Gasteiger partial charge on any atom is 2.00 e. The Bertz CT molecular complexity index is 92.1. The second-order valence-electron chi connectivity index (χ2n) is 0.408. The van der Waals surface area contributed by atoms with Crippen molar-refractivity contribution < 1.29 is 34.0 Å². The molecule has 9 heavy (non-hydrogen) atoms. The van der Waals surface area contributed by atoms with Crippen LogP contribution in [0.4, 0.5) is 0 Å². The predicted octanol–water partition coefficient (Wildman–Crippen LogP) is -4.19. The summed E-state index contributed by atoms with van der Waals surface area (Å²) in [5, 5.41) is 0. The van der Waals surface area contributed by atoms with Gasteiger partial charge in [-0.05, 0) is 0 Å². The summed E-state index contributed by atoms with van der Waals surface area (Å²) >= 11 is 0. The van der Waals surface area contributed by atoms with Crippen LogP contribution in [0.25, 0.3) is 0 Å². The maximum absolute atomic E-state index is 8.52. The van der Waals surface area contributed by atoms with Gasteiger partial charge >= 0.3 is 23.1 Å². The van der Waals surface area contributed by atoms with E-state index in [-0.39, 0.29) is 39.5 Å². The molecule has 0 aliphatic rings. The van der Waals surface area contributed by atoms with Gasteiger partial charge in [-0.3, -0.25) is 8.42 Å². The Balaban J connectivity index is -0.0000000133. The molecule has 9 heteroatoms. The third kappa shape index (κ3) is 1360. The van der Waals surface area contributed by atoms with Gasteiger partial charge in [0.2, 0.25) is 0 Å².